The number of ketones is 1. The average Bonchev–Trinajstić information content (AvgIpc) is 2.69. The van der Waals surface area contributed by atoms with Gasteiger partial charge in [0.2, 0.25) is 0 Å². The van der Waals surface area contributed by atoms with E-state index >= 15 is 0 Å². The Hall–Kier alpha value is -0.940. The first kappa shape index (κ1) is 17.5. The zero-order valence-corrected chi connectivity index (χ0v) is 15.4. The lowest BCUT2D eigenvalue weighted by atomic mass is 9.39. The zero-order valence-electron chi connectivity index (χ0n) is 15.4. The Balaban J connectivity index is 1.85. The molecule has 2 bridgehead atoms. The summed E-state index contributed by atoms with van der Waals surface area (Å²) in [5.74, 6) is -1.02. The van der Waals surface area contributed by atoms with E-state index in [1.54, 1.807) is 6.92 Å². The van der Waals surface area contributed by atoms with Crippen molar-refractivity contribution < 1.29 is 24.9 Å². The van der Waals surface area contributed by atoms with E-state index in [-0.39, 0.29) is 23.0 Å². The van der Waals surface area contributed by atoms with E-state index in [1.807, 2.05) is 6.92 Å². The molecule has 1 spiro atoms. The lowest BCUT2D eigenvalue weighted by Crippen LogP contribution is -2.66. The first-order chi connectivity index (χ1) is 11.5. The number of aliphatic carboxylic acids is 1. The minimum Gasteiger partial charge on any atom is -0.481 e. The molecule has 8 atom stereocenters. The smallest absolute Gasteiger partial charge is 0.309 e. The number of Topliss-reactive ketones (excluding diaryl/α,β-unsaturated/α-hetero) is 1. The summed E-state index contributed by atoms with van der Waals surface area (Å²) in [5, 5.41) is 32.1. The van der Waals surface area contributed by atoms with Gasteiger partial charge >= 0.3 is 5.97 Å². The Bertz CT molecular complexity index is 646. The van der Waals surface area contributed by atoms with Gasteiger partial charge in [0.05, 0.1) is 17.6 Å². The SMILES string of the molecule is C[C@]12C[C@H](O)[C@@H]3[C@@]4(C)CCC[C@@](C)(C(=O)O)[C@@H]4C[C@H](O)[C@@]3(CC1=O)C2. The number of hydrogen-bond acceptors (Lipinski definition) is 4. The number of carbonyl (C=O) groups is 2. The van der Waals surface area contributed by atoms with Crippen LogP contribution in [0.5, 0.6) is 0 Å². The van der Waals surface area contributed by atoms with Crippen molar-refractivity contribution in [1.29, 1.82) is 0 Å². The number of hydrogen-bond donors (Lipinski definition) is 3. The molecular formula is C20H30O5. The Labute approximate surface area is 148 Å². The highest BCUT2D eigenvalue weighted by molar-refractivity contribution is 5.88. The van der Waals surface area contributed by atoms with Crippen molar-refractivity contribution in [2.45, 2.75) is 77.9 Å². The van der Waals surface area contributed by atoms with Crippen molar-refractivity contribution in [1.82, 2.24) is 0 Å². The number of aliphatic hydroxyl groups excluding tert-OH is 2. The third kappa shape index (κ3) is 1.92. The molecule has 0 unspecified atom stereocenters. The van der Waals surface area contributed by atoms with E-state index in [2.05, 4.69) is 6.92 Å². The fourth-order valence-electron chi connectivity index (χ4n) is 7.84. The van der Waals surface area contributed by atoms with Gasteiger partial charge in [0.1, 0.15) is 5.78 Å². The van der Waals surface area contributed by atoms with Crippen molar-refractivity contribution >= 4 is 11.8 Å². The molecule has 0 aliphatic heterocycles. The minimum absolute atomic E-state index is 0.159. The van der Waals surface area contributed by atoms with Crippen molar-refractivity contribution in [3.05, 3.63) is 0 Å². The normalized spacial score (nSPS) is 57.7. The van der Waals surface area contributed by atoms with Gasteiger partial charge in [0.15, 0.2) is 0 Å². The summed E-state index contributed by atoms with van der Waals surface area (Å²) >= 11 is 0. The van der Waals surface area contributed by atoms with Crippen LogP contribution in [0.15, 0.2) is 0 Å². The van der Waals surface area contributed by atoms with Crippen LogP contribution in [-0.2, 0) is 9.59 Å². The van der Waals surface area contributed by atoms with Gasteiger partial charge < -0.3 is 15.3 Å². The van der Waals surface area contributed by atoms with E-state index in [9.17, 15) is 24.9 Å². The van der Waals surface area contributed by atoms with Crippen molar-refractivity contribution in [3.63, 3.8) is 0 Å². The molecule has 0 aromatic rings. The second kappa shape index (κ2) is 4.86. The molecule has 0 aromatic heterocycles. The van der Waals surface area contributed by atoms with E-state index in [4.69, 9.17) is 0 Å². The Morgan fingerprint density at radius 2 is 1.84 bits per heavy atom. The molecule has 0 aromatic carbocycles. The molecule has 4 saturated carbocycles. The molecule has 140 valence electrons. The minimum atomic E-state index is -0.876. The Morgan fingerprint density at radius 1 is 1.16 bits per heavy atom. The summed E-state index contributed by atoms with van der Waals surface area (Å²) in [6.07, 6.45) is 2.76. The predicted octanol–water partition coefficient (Wildman–Crippen LogP) is 2.38. The van der Waals surface area contributed by atoms with E-state index in [1.165, 1.54) is 0 Å². The van der Waals surface area contributed by atoms with Crippen LogP contribution in [-0.4, -0.2) is 39.3 Å². The van der Waals surface area contributed by atoms with Gasteiger partial charge in [0, 0.05) is 17.3 Å². The van der Waals surface area contributed by atoms with Gasteiger partial charge in [-0.05, 0) is 56.3 Å². The van der Waals surface area contributed by atoms with Gasteiger partial charge in [-0.15, -0.1) is 0 Å². The standard InChI is InChI=1S/C20H30O5/c1-17-8-11(21)15-18(2)5-4-6-19(3,16(24)25)12(18)7-13(22)20(15,10-17)9-14(17)23/h11-13,15,21-22H,4-10H2,1-3H3,(H,24,25)/t11-,12+,13-,15+,17+,18-,19+,20+/m0/s1. The molecule has 5 heteroatoms. The molecule has 4 fully saturated rings. The number of carboxylic acid groups (broad SMARTS) is 1. The van der Waals surface area contributed by atoms with Crippen LogP contribution in [0.1, 0.15) is 65.7 Å². The second-order valence-electron chi connectivity index (χ2n) is 10.2. The molecule has 4 aliphatic carbocycles. The number of fused-ring (bicyclic) bond motifs is 3. The monoisotopic (exact) mass is 350 g/mol. The maximum absolute atomic E-state index is 12.7. The van der Waals surface area contributed by atoms with E-state index in [0.29, 0.717) is 32.1 Å². The van der Waals surface area contributed by atoms with Crippen LogP contribution < -0.4 is 0 Å². The van der Waals surface area contributed by atoms with Gasteiger partial charge in [-0.2, -0.15) is 0 Å². The molecule has 4 aliphatic rings. The largest absolute Gasteiger partial charge is 0.481 e. The number of rotatable bonds is 1. The van der Waals surface area contributed by atoms with E-state index < -0.39 is 34.4 Å². The Kier molecular flexibility index (Phi) is 3.40. The quantitative estimate of drug-likeness (QED) is 0.675. The number of carbonyl (C=O) groups excluding carboxylic acids is 1. The Morgan fingerprint density at radius 3 is 2.48 bits per heavy atom. The highest BCUT2D eigenvalue weighted by Gasteiger charge is 2.73. The lowest BCUT2D eigenvalue weighted by Gasteiger charge is -2.66. The molecule has 25 heavy (non-hydrogen) atoms. The van der Waals surface area contributed by atoms with Crippen LogP contribution >= 0.6 is 0 Å². The molecule has 0 amide bonds. The summed E-state index contributed by atoms with van der Waals surface area (Å²) in [5.41, 5.74) is -2.34. The van der Waals surface area contributed by atoms with E-state index in [0.717, 1.165) is 12.8 Å². The summed E-state index contributed by atoms with van der Waals surface area (Å²) in [7, 11) is 0. The summed E-state index contributed by atoms with van der Waals surface area (Å²) < 4.78 is 0. The fraction of sp³-hybridized carbons (Fsp3) is 0.900. The molecular weight excluding hydrogens is 320 g/mol. The number of aliphatic hydroxyl groups is 2. The summed E-state index contributed by atoms with van der Waals surface area (Å²) in [6, 6.07) is 0. The average molecular weight is 350 g/mol. The van der Waals surface area contributed by atoms with Crippen LogP contribution in [0.3, 0.4) is 0 Å². The molecule has 4 rings (SSSR count). The van der Waals surface area contributed by atoms with Gasteiger partial charge in [0.25, 0.3) is 0 Å². The first-order valence-corrected chi connectivity index (χ1v) is 9.62. The highest BCUT2D eigenvalue weighted by atomic mass is 16.4. The molecule has 3 N–H and O–H groups in total. The van der Waals surface area contributed by atoms with Crippen molar-refractivity contribution in [2.24, 2.45) is 33.5 Å². The summed E-state index contributed by atoms with van der Waals surface area (Å²) in [4.78, 5) is 24.8. The van der Waals surface area contributed by atoms with Gasteiger partial charge in [-0.3, -0.25) is 9.59 Å². The van der Waals surface area contributed by atoms with Crippen molar-refractivity contribution in [3.8, 4) is 0 Å². The van der Waals surface area contributed by atoms with Gasteiger partial charge in [-0.1, -0.05) is 20.3 Å². The zero-order chi connectivity index (χ0) is 18.4. The summed E-state index contributed by atoms with van der Waals surface area (Å²) in [6.45, 7) is 5.85. The van der Waals surface area contributed by atoms with Crippen LogP contribution in [0.2, 0.25) is 0 Å². The lowest BCUT2D eigenvalue weighted by molar-refractivity contribution is -0.237. The van der Waals surface area contributed by atoms with Crippen molar-refractivity contribution in [2.75, 3.05) is 0 Å². The molecule has 0 radical (unpaired) electrons. The van der Waals surface area contributed by atoms with Crippen LogP contribution in [0.25, 0.3) is 0 Å². The maximum Gasteiger partial charge on any atom is 0.309 e. The predicted molar refractivity (Wildman–Crippen MR) is 90.7 cm³/mol. The number of carboxylic acids is 1. The molecule has 5 nitrogen and oxygen atoms in total. The van der Waals surface area contributed by atoms with Crippen LogP contribution in [0, 0.1) is 33.5 Å². The van der Waals surface area contributed by atoms with Crippen LogP contribution in [0.4, 0.5) is 0 Å². The third-order valence-electron chi connectivity index (χ3n) is 8.84. The highest BCUT2D eigenvalue weighted by Crippen LogP contribution is 2.72. The fourth-order valence-corrected chi connectivity index (χ4v) is 7.84. The second-order valence-corrected chi connectivity index (χ2v) is 10.2. The molecule has 0 saturated heterocycles. The first-order valence-electron chi connectivity index (χ1n) is 9.62. The topological polar surface area (TPSA) is 94.8 Å². The molecule has 0 heterocycles. The third-order valence-corrected chi connectivity index (χ3v) is 8.84. The maximum atomic E-state index is 12.7. The van der Waals surface area contributed by atoms with Gasteiger partial charge in [-0.25, -0.2) is 0 Å².